The summed E-state index contributed by atoms with van der Waals surface area (Å²) in [6.07, 6.45) is 5.74. The molecule has 0 aliphatic carbocycles. The third-order valence-corrected chi connectivity index (χ3v) is 8.20. The third kappa shape index (κ3) is 7.39. The second kappa shape index (κ2) is 13.8. The SMILES string of the molecule is COCCCCc1cnc(-c2cc3nccc(Oc4ccc(CC(=O)CC(=O)Cc5ccccc5F)cc4F)c3s2)n1C. The van der Waals surface area contributed by atoms with E-state index in [0.717, 1.165) is 47.0 Å². The fraction of sp³-hybridized carbons (Fsp3) is 0.273. The van der Waals surface area contributed by atoms with Gasteiger partial charge in [-0.2, -0.15) is 0 Å². The van der Waals surface area contributed by atoms with Crippen LogP contribution in [0, 0.1) is 11.6 Å². The fourth-order valence-electron chi connectivity index (χ4n) is 4.85. The molecule has 10 heteroatoms. The van der Waals surface area contributed by atoms with Crippen LogP contribution in [0.15, 0.2) is 67.0 Å². The first-order valence-electron chi connectivity index (χ1n) is 13.9. The van der Waals surface area contributed by atoms with Crippen LogP contribution in [0.2, 0.25) is 0 Å². The summed E-state index contributed by atoms with van der Waals surface area (Å²) in [5.74, 6) is -0.599. The zero-order valence-electron chi connectivity index (χ0n) is 23.9. The van der Waals surface area contributed by atoms with Crippen molar-refractivity contribution in [2.75, 3.05) is 13.7 Å². The van der Waals surface area contributed by atoms with Crippen molar-refractivity contribution in [3.05, 3.63) is 95.4 Å². The first kappa shape index (κ1) is 30.2. The Morgan fingerprint density at radius 2 is 1.74 bits per heavy atom. The number of rotatable bonds is 14. The molecule has 0 spiro atoms. The lowest BCUT2D eigenvalue weighted by atomic mass is 10.0. The summed E-state index contributed by atoms with van der Waals surface area (Å²) in [4.78, 5) is 34.8. The van der Waals surface area contributed by atoms with E-state index in [9.17, 15) is 14.0 Å². The number of carbonyl (C=O) groups is 2. The molecule has 0 aliphatic heterocycles. The second-order valence-corrected chi connectivity index (χ2v) is 11.3. The van der Waals surface area contributed by atoms with E-state index >= 15 is 4.39 Å². The van der Waals surface area contributed by atoms with Crippen LogP contribution >= 0.6 is 11.3 Å². The number of benzene rings is 2. The lowest BCUT2D eigenvalue weighted by molar-refractivity contribution is -0.126. The molecule has 0 saturated carbocycles. The van der Waals surface area contributed by atoms with Gasteiger partial charge in [-0.3, -0.25) is 14.6 Å². The summed E-state index contributed by atoms with van der Waals surface area (Å²) < 4.78 is 42.8. The fourth-order valence-corrected chi connectivity index (χ4v) is 5.94. The van der Waals surface area contributed by atoms with Crippen LogP contribution < -0.4 is 4.74 Å². The monoisotopic (exact) mass is 603 g/mol. The largest absolute Gasteiger partial charge is 0.453 e. The highest BCUT2D eigenvalue weighted by Crippen LogP contribution is 2.39. The van der Waals surface area contributed by atoms with E-state index < -0.39 is 17.4 Å². The molecule has 0 atom stereocenters. The number of thiophene rings is 1. The Morgan fingerprint density at radius 3 is 2.53 bits per heavy atom. The van der Waals surface area contributed by atoms with Gasteiger partial charge in [0.15, 0.2) is 11.6 Å². The summed E-state index contributed by atoms with van der Waals surface area (Å²) in [5, 5.41) is 0. The van der Waals surface area contributed by atoms with Crippen molar-refractivity contribution >= 4 is 33.1 Å². The van der Waals surface area contributed by atoms with Crippen LogP contribution in [0.25, 0.3) is 20.9 Å². The number of imidazole rings is 1. The van der Waals surface area contributed by atoms with E-state index in [1.54, 1.807) is 31.5 Å². The van der Waals surface area contributed by atoms with Crippen LogP contribution in [0.3, 0.4) is 0 Å². The number of carbonyl (C=O) groups excluding carboxylic acids is 2. The maximum atomic E-state index is 15.1. The molecule has 43 heavy (non-hydrogen) atoms. The van der Waals surface area contributed by atoms with Crippen molar-refractivity contribution < 1.29 is 27.8 Å². The van der Waals surface area contributed by atoms with Crippen molar-refractivity contribution in [3.63, 3.8) is 0 Å². The predicted octanol–water partition coefficient (Wildman–Crippen LogP) is 7.05. The second-order valence-electron chi connectivity index (χ2n) is 10.3. The molecule has 0 radical (unpaired) electrons. The number of unbranched alkanes of at least 4 members (excludes halogenated alkanes) is 1. The van der Waals surface area contributed by atoms with Gasteiger partial charge in [-0.1, -0.05) is 24.3 Å². The molecule has 5 rings (SSSR count). The molecular weight excluding hydrogens is 572 g/mol. The lowest BCUT2D eigenvalue weighted by Gasteiger charge is -2.09. The molecule has 0 N–H and O–H groups in total. The molecule has 3 heterocycles. The molecule has 0 unspecified atom stereocenters. The minimum absolute atomic E-state index is 0.00427. The van der Waals surface area contributed by atoms with Gasteiger partial charge >= 0.3 is 0 Å². The maximum Gasteiger partial charge on any atom is 0.166 e. The van der Waals surface area contributed by atoms with Gasteiger partial charge in [-0.05, 0) is 54.7 Å². The number of Topliss-reactive ketones (excluding diaryl/α,β-unsaturated/α-hetero) is 2. The van der Waals surface area contributed by atoms with E-state index in [4.69, 9.17) is 9.47 Å². The molecule has 0 fully saturated rings. The van der Waals surface area contributed by atoms with E-state index in [0.29, 0.717) is 16.8 Å². The smallest absolute Gasteiger partial charge is 0.166 e. The topological polar surface area (TPSA) is 83.3 Å². The number of hydrogen-bond acceptors (Lipinski definition) is 7. The van der Waals surface area contributed by atoms with Gasteiger partial charge in [0.1, 0.15) is 29.0 Å². The van der Waals surface area contributed by atoms with Gasteiger partial charge in [0, 0.05) is 57.8 Å². The average molecular weight is 604 g/mol. The number of methoxy groups -OCH3 is 1. The first-order chi connectivity index (χ1) is 20.8. The minimum Gasteiger partial charge on any atom is -0.453 e. The van der Waals surface area contributed by atoms with Crippen LogP contribution in [0.5, 0.6) is 11.5 Å². The van der Waals surface area contributed by atoms with Crippen molar-refractivity contribution in [1.82, 2.24) is 14.5 Å². The van der Waals surface area contributed by atoms with E-state index in [1.165, 1.54) is 41.7 Å². The van der Waals surface area contributed by atoms with Crippen molar-refractivity contribution in [3.8, 4) is 22.2 Å². The van der Waals surface area contributed by atoms with Crippen molar-refractivity contribution in [2.24, 2.45) is 7.05 Å². The third-order valence-electron chi connectivity index (χ3n) is 7.07. The highest BCUT2D eigenvalue weighted by Gasteiger charge is 2.18. The number of hydrogen-bond donors (Lipinski definition) is 0. The highest BCUT2D eigenvalue weighted by molar-refractivity contribution is 7.22. The average Bonchev–Trinajstić information content (AvgIpc) is 3.57. The zero-order chi connectivity index (χ0) is 30.3. The summed E-state index contributed by atoms with van der Waals surface area (Å²) >= 11 is 1.47. The van der Waals surface area contributed by atoms with Crippen molar-refractivity contribution in [2.45, 2.75) is 38.5 Å². The van der Waals surface area contributed by atoms with Gasteiger partial charge in [-0.15, -0.1) is 11.3 Å². The first-order valence-corrected chi connectivity index (χ1v) is 14.8. The summed E-state index contributed by atoms with van der Waals surface area (Å²) in [5.41, 5.74) is 2.50. The number of fused-ring (bicyclic) bond motifs is 1. The molecule has 3 aromatic heterocycles. The van der Waals surface area contributed by atoms with Gasteiger partial charge in [0.2, 0.25) is 0 Å². The van der Waals surface area contributed by atoms with E-state index in [-0.39, 0.29) is 36.4 Å². The molecule has 7 nitrogen and oxygen atoms in total. The van der Waals surface area contributed by atoms with Gasteiger partial charge in [0.05, 0.1) is 21.5 Å². The molecule has 222 valence electrons. The van der Waals surface area contributed by atoms with Gasteiger partial charge < -0.3 is 14.0 Å². The summed E-state index contributed by atoms with van der Waals surface area (Å²) in [6.45, 7) is 0.733. The number of pyridine rings is 1. The minimum atomic E-state index is -0.632. The van der Waals surface area contributed by atoms with E-state index in [1.807, 2.05) is 19.3 Å². The molecule has 5 aromatic rings. The summed E-state index contributed by atoms with van der Waals surface area (Å²) in [6, 6.07) is 13.9. The molecule has 0 bridgehead atoms. The number of halogens is 2. The van der Waals surface area contributed by atoms with Crippen LogP contribution in [0.4, 0.5) is 8.78 Å². The normalized spacial score (nSPS) is 11.3. The number of ether oxygens (including phenoxy) is 2. The van der Waals surface area contributed by atoms with Crippen LogP contribution in [0.1, 0.15) is 36.1 Å². The van der Waals surface area contributed by atoms with Gasteiger partial charge in [-0.25, -0.2) is 13.8 Å². The van der Waals surface area contributed by atoms with E-state index in [2.05, 4.69) is 14.5 Å². The molecule has 2 aromatic carbocycles. The highest BCUT2D eigenvalue weighted by atomic mass is 32.1. The number of nitrogens with zero attached hydrogens (tertiary/aromatic N) is 3. The Hall–Kier alpha value is -4.28. The summed E-state index contributed by atoms with van der Waals surface area (Å²) in [7, 11) is 3.69. The van der Waals surface area contributed by atoms with Gasteiger partial charge in [0.25, 0.3) is 0 Å². The lowest BCUT2D eigenvalue weighted by Crippen LogP contribution is -2.13. The molecular formula is C33H31F2N3O4S. The standard InChI is InChI=1S/C33H31F2N3O4S/c1-38-23(8-5-6-14-41-2)20-37-33(38)31-19-28-32(43-31)30(12-13-36-28)42-29-11-10-21(16-27(29)35)15-24(39)18-25(40)17-22-7-3-4-9-26(22)34/h3-4,7,9-13,16,19-20H,5-6,8,14-15,17-18H2,1-2H3. The number of ketones is 2. The van der Waals surface area contributed by atoms with Crippen LogP contribution in [-0.4, -0.2) is 39.8 Å². The number of aromatic nitrogens is 3. The molecule has 0 aliphatic rings. The molecule has 0 saturated heterocycles. The number of aryl methyl sites for hydroxylation is 1. The Labute approximate surface area is 252 Å². The Morgan fingerprint density at radius 1 is 0.930 bits per heavy atom. The Balaban J connectivity index is 1.25. The predicted molar refractivity (Wildman–Crippen MR) is 162 cm³/mol. The molecule has 0 amide bonds. The maximum absolute atomic E-state index is 15.1. The quantitative estimate of drug-likeness (QED) is 0.0999. The van der Waals surface area contributed by atoms with Crippen molar-refractivity contribution in [1.29, 1.82) is 0 Å². The van der Waals surface area contributed by atoms with Crippen LogP contribution in [-0.2, 0) is 40.6 Å². The zero-order valence-corrected chi connectivity index (χ0v) is 24.8. The Bertz CT molecular complexity index is 1760. The Kier molecular flexibility index (Phi) is 9.68.